The summed E-state index contributed by atoms with van der Waals surface area (Å²) in [5.41, 5.74) is 3.25. The number of rotatable bonds is 1. The Hall–Kier alpha value is -1.79. The van der Waals surface area contributed by atoms with Crippen molar-refractivity contribution in [1.82, 2.24) is 15.0 Å². The lowest BCUT2D eigenvalue weighted by Gasteiger charge is -2.37. The van der Waals surface area contributed by atoms with Crippen LogP contribution in [-0.2, 0) is 17.8 Å². The average Bonchev–Trinajstić information content (AvgIpc) is 2.98. The van der Waals surface area contributed by atoms with Crippen molar-refractivity contribution in [1.29, 1.82) is 0 Å². The van der Waals surface area contributed by atoms with E-state index >= 15 is 0 Å². The van der Waals surface area contributed by atoms with E-state index < -0.39 is 0 Å². The molecule has 0 aliphatic carbocycles. The van der Waals surface area contributed by atoms with Gasteiger partial charge in [0.05, 0.1) is 28.1 Å². The molecule has 0 amide bonds. The number of pyridine rings is 1. The van der Waals surface area contributed by atoms with Crippen molar-refractivity contribution >= 4 is 37.6 Å². The third-order valence-electron chi connectivity index (χ3n) is 6.00. The first-order valence-electron chi connectivity index (χ1n) is 9.88. The summed E-state index contributed by atoms with van der Waals surface area (Å²) in [5.74, 6) is 1.78. The van der Waals surface area contributed by atoms with Crippen LogP contribution in [0.5, 0.6) is 0 Å². The second kappa shape index (κ2) is 6.11. The Morgan fingerprint density at radius 3 is 2.93 bits per heavy atom. The first-order valence-corrected chi connectivity index (χ1v) is 10.7. The maximum absolute atomic E-state index is 6.00. The summed E-state index contributed by atoms with van der Waals surface area (Å²) in [4.78, 5) is 17.9. The summed E-state index contributed by atoms with van der Waals surface area (Å²) in [7, 11) is 0. The van der Waals surface area contributed by atoms with Gasteiger partial charge in [0, 0.05) is 30.0 Å². The molecule has 0 bridgehead atoms. The van der Waals surface area contributed by atoms with Crippen LogP contribution >= 0.6 is 11.3 Å². The van der Waals surface area contributed by atoms with Crippen molar-refractivity contribution in [2.75, 3.05) is 11.4 Å². The second-order valence-electron chi connectivity index (χ2n) is 8.83. The van der Waals surface area contributed by atoms with E-state index in [4.69, 9.17) is 14.7 Å². The maximum atomic E-state index is 6.00. The van der Waals surface area contributed by atoms with Gasteiger partial charge in [-0.05, 0) is 45.6 Å². The number of nitrogens with zero attached hydrogens (tertiary/aromatic N) is 4. The molecule has 0 unspecified atom stereocenters. The van der Waals surface area contributed by atoms with Crippen molar-refractivity contribution in [3.8, 4) is 0 Å². The Morgan fingerprint density at radius 2 is 2.07 bits per heavy atom. The second-order valence-corrected chi connectivity index (χ2v) is 9.83. The molecular weight excluding hydrogens is 356 g/mol. The number of fused-ring (bicyclic) bond motifs is 4. The SMILES string of the molecule is C[C@H]1CC[C@H](C)N(c2ncnc3c2sc2nc4c(cc23)COC(C)(C)C4)C1. The molecule has 0 radical (unpaired) electrons. The smallest absolute Gasteiger partial charge is 0.150 e. The topological polar surface area (TPSA) is 51.1 Å². The minimum Gasteiger partial charge on any atom is -0.370 e. The van der Waals surface area contributed by atoms with Crippen LogP contribution in [0.4, 0.5) is 5.82 Å². The number of thiophene rings is 1. The molecule has 2 aliphatic rings. The molecule has 1 saturated heterocycles. The third kappa shape index (κ3) is 2.90. The molecular formula is C21H26N4OS. The van der Waals surface area contributed by atoms with E-state index in [0.29, 0.717) is 18.6 Å². The monoisotopic (exact) mass is 382 g/mol. The summed E-state index contributed by atoms with van der Waals surface area (Å²) in [6, 6.07) is 2.75. The van der Waals surface area contributed by atoms with Gasteiger partial charge in [-0.3, -0.25) is 0 Å². The molecule has 5 nitrogen and oxygen atoms in total. The zero-order chi connectivity index (χ0) is 18.8. The van der Waals surface area contributed by atoms with Crippen LogP contribution in [-0.4, -0.2) is 33.1 Å². The fourth-order valence-electron chi connectivity index (χ4n) is 4.36. The molecule has 2 aliphatic heterocycles. The molecule has 0 spiro atoms. The molecule has 0 saturated carbocycles. The molecule has 3 aromatic heterocycles. The average molecular weight is 383 g/mol. The third-order valence-corrected chi connectivity index (χ3v) is 7.08. The van der Waals surface area contributed by atoms with E-state index in [-0.39, 0.29) is 5.60 Å². The molecule has 1 fully saturated rings. The standard InChI is InChI=1S/C21H26N4OS/c1-12-5-6-13(2)25(9-12)19-18-17(22-11-23-19)15-7-14-10-26-21(3,4)8-16(14)24-20(15)27-18/h7,11-13H,5-6,8-10H2,1-4H3/t12-,13-/m0/s1. The van der Waals surface area contributed by atoms with Crippen LogP contribution in [0, 0.1) is 5.92 Å². The summed E-state index contributed by atoms with van der Waals surface area (Å²) < 4.78 is 7.17. The number of piperidine rings is 1. The molecule has 2 atom stereocenters. The van der Waals surface area contributed by atoms with Crippen molar-refractivity contribution in [2.45, 2.75) is 65.2 Å². The fraction of sp³-hybridized carbons (Fsp3) is 0.571. The lowest BCUT2D eigenvalue weighted by atomic mass is 9.95. The lowest BCUT2D eigenvalue weighted by molar-refractivity contribution is -0.0411. The van der Waals surface area contributed by atoms with E-state index in [0.717, 1.165) is 34.5 Å². The highest BCUT2D eigenvalue weighted by atomic mass is 32.1. The van der Waals surface area contributed by atoms with Gasteiger partial charge < -0.3 is 9.64 Å². The van der Waals surface area contributed by atoms with E-state index in [1.165, 1.54) is 28.8 Å². The van der Waals surface area contributed by atoms with Crippen LogP contribution in [0.1, 0.15) is 51.8 Å². The van der Waals surface area contributed by atoms with E-state index in [9.17, 15) is 0 Å². The Bertz CT molecular complexity index is 1030. The molecule has 5 rings (SSSR count). The van der Waals surface area contributed by atoms with Crippen LogP contribution in [0.15, 0.2) is 12.4 Å². The van der Waals surface area contributed by atoms with Gasteiger partial charge >= 0.3 is 0 Å². The van der Waals surface area contributed by atoms with Crippen molar-refractivity contribution in [3.63, 3.8) is 0 Å². The van der Waals surface area contributed by atoms with Crippen LogP contribution in [0.3, 0.4) is 0 Å². The Kier molecular flexibility index (Phi) is 3.92. The van der Waals surface area contributed by atoms with Gasteiger partial charge in [-0.15, -0.1) is 11.3 Å². The van der Waals surface area contributed by atoms with Gasteiger partial charge in [0.2, 0.25) is 0 Å². The normalized spacial score (nSPS) is 25.1. The highest BCUT2D eigenvalue weighted by Crippen LogP contribution is 2.40. The number of ether oxygens (including phenoxy) is 1. The van der Waals surface area contributed by atoms with Gasteiger partial charge in [-0.2, -0.15) is 0 Å². The van der Waals surface area contributed by atoms with Crippen molar-refractivity contribution in [3.05, 3.63) is 23.7 Å². The largest absolute Gasteiger partial charge is 0.370 e. The fourth-order valence-corrected chi connectivity index (χ4v) is 5.50. The highest BCUT2D eigenvalue weighted by molar-refractivity contribution is 7.25. The Labute approximate surface area is 163 Å². The molecule has 0 aromatic carbocycles. The predicted octanol–water partition coefficient (Wildman–Crippen LogP) is 4.72. The number of hydrogen-bond acceptors (Lipinski definition) is 6. The first kappa shape index (κ1) is 17.3. The van der Waals surface area contributed by atoms with Crippen LogP contribution < -0.4 is 4.90 Å². The minimum absolute atomic E-state index is 0.144. The van der Waals surface area contributed by atoms with Crippen molar-refractivity contribution in [2.24, 2.45) is 5.92 Å². The van der Waals surface area contributed by atoms with Crippen molar-refractivity contribution < 1.29 is 4.74 Å². The van der Waals surface area contributed by atoms with E-state index in [1.54, 1.807) is 17.7 Å². The molecule has 0 N–H and O–H groups in total. The maximum Gasteiger partial charge on any atom is 0.150 e. The highest BCUT2D eigenvalue weighted by Gasteiger charge is 2.29. The van der Waals surface area contributed by atoms with Gasteiger partial charge in [0.15, 0.2) is 0 Å². The number of anilines is 1. The molecule has 27 heavy (non-hydrogen) atoms. The first-order chi connectivity index (χ1) is 12.9. The minimum atomic E-state index is -0.144. The van der Waals surface area contributed by atoms with E-state index in [1.807, 2.05) is 0 Å². The van der Waals surface area contributed by atoms with Crippen LogP contribution in [0.25, 0.3) is 20.4 Å². The molecule has 5 heterocycles. The number of aromatic nitrogens is 3. The van der Waals surface area contributed by atoms with Gasteiger partial charge in [0.1, 0.15) is 17.0 Å². The van der Waals surface area contributed by atoms with Gasteiger partial charge in [-0.1, -0.05) is 6.92 Å². The predicted molar refractivity (Wildman–Crippen MR) is 110 cm³/mol. The number of hydrogen-bond donors (Lipinski definition) is 0. The summed E-state index contributed by atoms with van der Waals surface area (Å²) in [6.07, 6.45) is 5.08. The zero-order valence-corrected chi connectivity index (χ0v) is 17.3. The Balaban J connectivity index is 1.67. The Morgan fingerprint density at radius 1 is 1.22 bits per heavy atom. The molecule has 6 heteroatoms. The van der Waals surface area contributed by atoms with E-state index in [2.05, 4.69) is 43.6 Å². The summed E-state index contributed by atoms with van der Waals surface area (Å²) >= 11 is 1.74. The lowest BCUT2D eigenvalue weighted by Crippen LogP contribution is -2.41. The molecule has 142 valence electrons. The van der Waals surface area contributed by atoms with Gasteiger partial charge in [-0.25, -0.2) is 15.0 Å². The zero-order valence-electron chi connectivity index (χ0n) is 16.5. The summed E-state index contributed by atoms with van der Waals surface area (Å²) in [6.45, 7) is 10.6. The summed E-state index contributed by atoms with van der Waals surface area (Å²) in [5, 5.41) is 1.14. The van der Waals surface area contributed by atoms with Crippen LogP contribution in [0.2, 0.25) is 0 Å². The van der Waals surface area contributed by atoms with Gasteiger partial charge in [0.25, 0.3) is 0 Å². The molecule has 3 aromatic rings. The quantitative estimate of drug-likeness (QED) is 0.610.